The van der Waals surface area contributed by atoms with E-state index in [1.807, 2.05) is 102 Å². The van der Waals surface area contributed by atoms with Crippen LogP contribution in [0.2, 0.25) is 0 Å². The van der Waals surface area contributed by atoms with Crippen LogP contribution in [0.5, 0.6) is 0 Å². The Morgan fingerprint density at radius 3 is 1.17 bits per heavy atom. The standard InChI is InChI=1S/C33H18N8.3C2H6/c1-3-11-20-18(9-1)26-34-27-19-10-2-4-12-21(19)29(36-27)38-31-23-14-6-8-16-25(23)33-39-32-24-15-7-5-13-22(24)30(37-28(20)35-26)40(32)17-41(31)33;3*1-2/h1-16H,17H2;3*1-2H3. The van der Waals surface area contributed by atoms with Gasteiger partial charge in [-0.2, -0.15) is 0 Å². The highest BCUT2D eigenvalue weighted by molar-refractivity contribution is 6.29. The van der Waals surface area contributed by atoms with Crippen LogP contribution in [-0.2, 0) is 6.67 Å². The lowest BCUT2D eigenvalue weighted by Crippen LogP contribution is -2.33. The zero-order chi connectivity index (χ0) is 32.7. The summed E-state index contributed by atoms with van der Waals surface area (Å²) >= 11 is 0. The van der Waals surface area contributed by atoms with Gasteiger partial charge in [0.2, 0.25) is 0 Å². The molecule has 47 heavy (non-hydrogen) atoms. The molecule has 0 spiro atoms. The average Bonchev–Trinajstić information content (AvgIpc) is 3.86. The quantitative estimate of drug-likeness (QED) is 0.165. The van der Waals surface area contributed by atoms with Crippen LogP contribution in [0, 0.1) is 0 Å². The van der Waals surface area contributed by atoms with Crippen molar-refractivity contribution in [3.8, 4) is 0 Å². The zero-order valence-electron chi connectivity index (χ0n) is 27.5. The average molecular weight is 617 g/mol. The molecule has 4 aliphatic heterocycles. The third kappa shape index (κ3) is 4.51. The van der Waals surface area contributed by atoms with Gasteiger partial charge in [0.15, 0.2) is 23.3 Å². The number of rotatable bonds is 0. The second-order valence-electron chi connectivity index (χ2n) is 10.4. The molecule has 0 saturated carbocycles. The third-order valence-corrected chi connectivity index (χ3v) is 8.21. The zero-order valence-corrected chi connectivity index (χ0v) is 27.5. The van der Waals surface area contributed by atoms with Crippen LogP contribution in [0.25, 0.3) is 21.5 Å². The van der Waals surface area contributed by atoms with Crippen LogP contribution >= 0.6 is 0 Å². The molecule has 0 aliphatic carbocycles. The van der Waals surface area contributed by atoms with Crippen molar-refractivity contribution in [1.82, 2.24) is 9.13 Å². The number of aliphatic imine (C=N–C) groups is 4. The minimum atomic E-state index is 0.510. The SMILES string of the molecule is CC.CC.CC.c1ccc2c(c1)C1=NC3=NC(=Nc4c5ccccc5c5n4Cn4c(c6ccccc6c4=N5)=NC2=N1)c1ccccc13. The highest BCUT2D eigenvalue weighted by atomic mass is 15.3. The van der Waals surface area contributed by atoms with Crippen LogP contribution in [0.15, 0.2) is 127 Å². The molecular weight excluding hydrogens is 580 g/mol. The predicted molar refractivity (Wildman–Crippen MR) is 194 cm³/mol. The Morgan fingerprint density at radius 2 is 0.702 bits per heavy atom. The van der Waals surface area contributed by atoms with E-state index in [1.165, 1.54) is 0 Å². The molecule has 0 amide bonds. The molecule has 8 heteroatoms. The Morgan fingerprint density at radius 1 is 0.362 bits per heavy atom. The first-order chi connectivity index (χ1) is 23.3. The fourth-order valence-electron chi connectivity index (χ4n) is 6.35. The van der Waals surface area contributed by atoms with Crippen molar-refractivity contribution in [3.63, 3.8) is 0 Å². The second kappa shape index (κ2) is 12.2. The van der Waals surface area contributed by atoms with E-state index in [1.54, 1.807) is 0 Å². The molecule has 10 rings (SSSR count). The van der Waals surface area contributed by atoms with Gasteiger partial charge in [0, 0.05) is 43.8 Å². The Balaban J connectivity index is 0.000000556. The molecule has 4 aliphatic rings. The van der Waals surface area contributed by atoms with Crippen molar-refractivity contribution in [3.05, 3.63) is 130 Å². The van der Waals surface area contributed by atoms with Crippen LogP contribution < -0.4 is 11.0 Å². The number of hydrogen-bond donors (Lipinski definition) is 0. The summed E-state index contributed by atoms with van der Waals surface area (Å²) in [6, 6.07) is 32.9. The largest absolute Gasteiger partial charge is 0.291 e. The van der Waals surface area contributed by atoms with Gasteiger partial charge in [0.1, 0.15) is 29.3 Å². The van der Waals surface area contributed by atoms with Gasteiger partial charge in [0.05, 0.1) is 0 Å². The summed E-state index contributed by atoms with van der Waals surface area (Å²) < 4.78 is 4.34. The Bertz CT molecular complexity index is 2450. The first-order valence-corrected chi connectivity index (χ1v) is 16.5. The molecular formula is C39H36N8. The number of aromatic nitrogens is 2. The van der Waals surface area contributed by atoms with E-state index in [0.717, 1.165) is 66.4 Å². The van der Waals surface area contributed by atoms with E-state index < -0.39 is 0 Å². The maximum Gasteiger partial charge on any atom is 0.164 e. The van der Waals surface area contributed by atoms with Gasteiger partial charge >= 0.3 is 0 Å². The van der Waals surface area contributed by atoms with Gasteiger partial charge in [-0.25, -0.2) is 30.0 Å². The summed E-state index contributed by atoms with van der Waals surface area (Å²) in [5.74, 6) is 4.16. The van der Waals surface area contributed by atoms with Crippen molar-refractivity contribution in [2.45, 2.75) is 48.2 Å². The van der Waals surface area contributed by atoms with Crippen molar-refractivity contribution in [2.75, 3.05) is 0 Å². The van der Waals surface area contributed by atoms with Gasteiger partial charge < -0.3 is 0 Å². The smallest absolute Gasteiger partial charge is 0.164 e. The second-order valence-corrected chi connectivity index (χ2v) is 10.4. The first kappa shape index (κ1) is 29.9. The normalized spacial score (nSPS) is 14.1. The van der Waals surface area contributed by atoms with Crippen LogP contribution in [-0.4, -0.2) is 32.5 Å². The fraction of sp³-hybridized carbons (Fsp3) is 0.179. The Labute approximate surface area is 273 Å². The summed E-state index contributed by atoms with van der Waals surface area (Å²) in [4.78, 5) is 30.7. The third-order valence-electron chi connectivity index (χ3n) is 8.21. The summed E-state index contributed by atoms with van der Waals surface area (Å²) in [5.41, 5.74) is 5.46. The number of hydrogen-bond acceptors (Lipinski definition) is 6. The Hall–Kier alpha value is -5.76. The highest BCUT2D eigenvalue weighted by Crippen LogP contribution is 2.40. The van der Waals surface area contributed by atoms with Gasteiger partial charge in [-0.05, 0) is 0 Å². The molecule has 6 aromatic rings. The topological polar surface area (TPSA) is 84.0 Å². The molecule has 0 atom stereocenters. The molecule has 6 heterocycles. The van der Waals surface area contributed by atoms with Gasteiger partial charge in [-0.1, -0.05) is 139 Å². The minimum absolute atomic E-state index is 0.510. The van der Waals surface area contributed by atoms with E-state index in [0.29, 0.717) is 30.0 Å². The van der Waals surface area contributed by atoms with Crippen LogP contribution in [0.1, 0.15) is 63.8 Å². The minimum Gasteiger partial charge on any atom is -0.291 e. The maximum absolute atomic E-state index is 5.27. The molecule has 232 valence electrons. The highest BCUT2D eigenvalue weighted by Gasteiger charge is 2.29. The molecule has 6 bridgehead atoms. The summed E-state index contributed by atoms with van der Waals surface area (Å²) in [6.45, 7) is 12.5. The molecule has 0 saturated heterocycles. The van der Waals surface area contributed by atoms with Crippen LogP contribution in [0.4, 0.5) is 11.6 Å². The lowest BCUT2D eigenvalue weighted by Gasteiger charge is -2.15. The maximum atomic E-state index is 5.27. The molecule has 8 nitrogen and oxygen atoms in total. The van der Waals surface area contributed by atoms with E-state index in [-0.39, 0.29) is 0 Å². The number of nitrogens with zero attached hydrogens (tertiary/aromatic N) is 8. The van der Waals surface area contributed by atoms with Crippen LogP contribution in [0.3, 0.4) is 0 Å². The summed E-state index contributed by atoms with van der Waals surface area (Å²) in [5, 5.41) is 4.17. The monoisotopic (exact) mass is 616 g/mol. The fourth-order valence-corrected chi connectivity index (χ4v) is 6.35. The van der Waals surface area contributed by atoms with Crippen molar-refractivity contribution in [1.29, 1.82) is 0 Å². The summed E-state index contributed by atoms with van der Waals surface area (Å²) in [7, 11) is 0. The molecule has 0 N–H and O–H groups in total. The number of amidine groups is 4. The summed E-state index contributed by atoms with van der Waals surface area (Å²) in [6.07, 6.45) is 0. The Kier molecular flexibility index (Phi) is 7.77. The molecule has 0 fully saturated rings. The first-order valence-electron chi connectivity index (χ1n) is 16.5. The lowest BCUT2D eigenvalue weighted by atomic mass is 10.1. The van der Waals surface area contributed by atoms with Crippen molar-refractivity contribution >= 4 is 56.5 Å². The molecule has 0 radical (unpaired) electrons. The molecule has 4 aromatic carbocycles. The number of benzene rings is 4. The van der Waals surface area contributed by atoms with E-state index in [4.69, 9.17) is 30.0 Å². The molecule has 2 aromatic heterocycles. The van der Waals surface area contributed by atoms with Gasteiger partial charge in [-0.3, -0.25) is 9.13 Å². The van der Waals surface area contributed by atoms with Crippen molar-refractivity contribution in [2.24, 2.45) is 30.0 Å². The lowest BCUT2D eigenvalue weighted by molar-refractivity contribution is 0.561. The van der Waals surface area contributed by atoms with E-state index >= 15 is 0 Å². The van der Waals surface area contributed by atoms with E-state index in [2.05, 4.69) is 45.5 Å². The van der Waals surface area contributed by atoms with Crippen molar-refractivity contribution < 1.29 is 0 Å². The van der Waals surface area contributed by atoms with Gasteiger partial charge in [0.25, 0.3) is 0 Å². The predicted octanol–water partition coefficient (Wildman–Crippen LogP) is 8.12. The van der Waals surface area contributed by atoms with E-state index in [9.17, 15) is 0 Å². The molecule has 0 unspecified atom stereocenters. The number of fused-ring (bicyclic) bond motifs is 14. The van der Waals surface area contributed by atoms with Gasteiger partial charge in [-0.15, -0.1) is 0 Å².